The highest BCUT2D eigenvalue weighted by molar-refractivity contribution is 5.88. The van der Waals surface area contributed by atoms with E-state index in [9.17, 15) is 24.8 Å². The number of amidine groups is 1. The molecule has 14 nitrogen and oxygen atoms in total. The zero-order valence-electron chi connectivity index (χ0n) is 23.8. The molecule has 0 radical (unpaired) electrons. The summed E-state index contributed by atoms with van der Waals surface area (Å²) in [5, 5.41) is 49.3. The number of halogens is 1. The molecule has 3 fully saturated rings. The average molecular weight is 581 g/mol. The van der Waals surface area contributed by atoms with Crippen LogP contribution in [0.3, 0.4) is 0 Å². The first-order valence-electron chi connectivity index (χ1n) is 13.9. The first-order valence-corrected chi connectivity index (χ1v) is 13.9. The smallest absolute Gasteiger partial charge is 0.185 e. The van der Waals surface area contributed by atoms with Gasteiger partial charge in [-0.3, -0.25) is 4.99 Å². The van der Waals surface area contributed by atoms with Crippen LogP contribution in [0, 0.1) is 0 Å². The maximum Gasteiger partial charge on any atom is 0.185 e. The number of hydrogen-bond acceptors (Lipinski definition) is 13. The van der Waals surface area contributed by atoms with Crippen molar-refractivity contribution < 1.29 is 43.8 Å². The monoisotopic (exact) mass is 580 g/mol. The van der Waals surface area contributed by atoms with Gasteiger partial charge in [0, 0.05) is 19.1 Å². The first-order chi connectivity index (χ1) is 18.7. The van der Waals surface area contributed by atoms with Crippen LogP contribution in [0.5, 0.6) is 0 Å². The molecule has 1 saturated carbocycles. The van der Waals surface area contributed by atoms with Crippen molar-refractivity contribution in [2.75, 3.05) is 33.4 Å². The lowest BCUT2D eigenvalue weighted by Crippen LogP contribution is -2.67. The predicted octanol–water partition coefficient (Wildman–Crippen LogP) is -3.21. The highest BCUT2D eigenvalue weighted by atomic mass is 19.1. The Hall–Kier alpha value is -1.08. The molecule has 0 aromatic rings. The quantitative estimate of drug-likeness (QED) is 0.0666. The Kier molecular flexibility index (Phi) is 11.6. The second-order valence-electron chi connectivity index (χ2n) is 11.8. The van der Waals surface area contributed by atoms with Gasteiger partial charge in [-0.2, -0.15) is 0 Å². The molecular formula is C25H49FN6O8. The number of aliphatic hydroxyl groups excluding tert-OH is 2. The molecule has 0 aromatic carbocycles. The Balaban J connectivity index is 1.82. The highest BCUT2D eigenvalue weighted by Crippen LogP contribution is 2.33. The summed E-state index contributed by atoms with van der Waals surface area (Å²) in [5.41, 5.74) is 15.9. The fraction of sp³-hybridized carbons (Fsp3) is 0.960. The van der Waals surface area contributed by atoms with Gasteiger partial charge in [-0.25, -0.2) is 4.39 Å². The second kappa shape index (κ2) is 13.9. The van der Waals surface area contributed by atoms with Crippen LogP contribution in [-0.2, 0) is 18.9 Å². The Morgan fingerprint density at radius 3 is 2.42 bits per heavy atom. The van der Waals surface area contributed by atoms with Crippen LogP contribution in [0.2, 0.25) is 0 Å². The Labute approximate surface area is 234 Å². The van der Waals surface area contributed by atoms with E-state index in [0.717, 1.165) is 0 Å². The van der Waals surface area contributed by atoms with Crippen molar-refractivity contribution in [3.05, 3.63) is 0 Å². The lowest BCUT2D eigenvalue weighted by molar-refractivity contribution is -0.306. The molecule has 0 amide bonds. The number of likely N-dealkylation sites (N-methyl/N-ethyl adjacent to an activating group) is 1. The molecule has 3 aliphatic rings. The molecule has 12 atom stereocenters. The van der Waals surface area contributed by atoms with E-state index in [4.69, 9.17) is 36.1 Å². The van der Waals surface area contributed by atoms with Gasteiger partial charge in [0.05, 0.1) is 30.8 Å². The van der Waals surface area contributed by atoms with Crippen LogP contribution >= 0.6 is 0 Å². The molecule has 3 rings (SSSR count). The van der Waals surface area contributed by atoms with Gasteiger partial charge in [0.1, 0.15) is 48.1 Å². The highest BCUT2D eigenvalue weighted by Gasteiger charge is 2.51. The summed E-state index contributed by atoms with van der Waals surface area (Å²) in [6.45, 7) is 4.45. The van der Waals surface area contributed by atoms with Gasteiger partial charge in [-0.05, 0) is 47.1 Å². The van der Waals surface area contributed by atoms with Gasteiger partial charge in [-0.1, -0.05) is 0 Å². The summed E-state index contributed by atoms with van der Waals surface area (Å²) in [6.07, 6.45) is -5.83. The molecule has 2 aliphatic heterocycles. The van der Waals surface area contributed by atoms with Crippen LogP contribution in [0.1, 0.15) is 40.0 Å². The van der Waals surface area contributed by atoms with Crippen LogP contribution in [0.4, 0.5) is 4.39 Å². The van der Waals surface area contributed by atoms with Crippen molar-refractivity contribution in [3.8, 4) is 0 Å². The Bertz CT molecular complexity index is 836. The molecule has 0 spiro atoms. The third-order valence-corrected chi connectivity index (χ3v) is 7.78. The molecule has 15 heteroatoms. The van der Waals surface area contributed by atoms with E-state index in [1.54, 1.807) is 7.05 Å². The summed E-state index contributed by atoms with van der Waals surface area (Å²) in [4.78, 5) is 4.42. The van der Waals surface area contributed by atoms with Crippen molar-refractivity contribution in [3.63, 3.8) is 0 Å². The van der Waals surface area contributed by atoms with E-state index >= 15 is 0 Å². The number of aliphatic imine (C=N–C) groups is 1. The molecule has 12 unspecified atom stereocenters. The van der Waals surface area contributed by atoms with Gasteiger partial charge in [-0.15, -0.1) is 0 Å². The number of aliphatic hydroxyl groups is 4. The summed E-state index contributed by atoms with van der Waals surface area (Å²) >= 11 is 0. The zero-order valence-corrected chi connectivity index (χ0v) is 23.8. The van der Waals surface area contributed by atoms with E-state index in [1.807, 2.05) is 0 Å². The lowest BCUT2D eigenvalue weighted by atomic mass is 9.83. The topological polar surface area (TPSA) is 232 Å². The van der Waals surface area contributed by atoms with Gasteiger partial charge in [0.25, 0.3) is 0 Å². The van der Waals surface area contributed by atoms with Crippen LogP contribution in [-0.4, -0.2) is 138 Å². The SMILES string of the molecule is CNC1C(O)C(OC2C(N=C(N)C(C)(C)O)CC(N)C(OC3OC(CNCCF)CCC3N)C2O)OCC1(C)O. The molecule has 40 heavy (non-hydrogen) atoms. The van der Waals surface area contributed by atoms with Crippen LogP contribution in [0.25, 0.3) is 0 Å². The van der Waals surface area contributed by atoms with E-state index in [0.29, 0.717) is 19.4 Å². The molecule has 234 valence electrons. The number of nitrogens with two attached hydrogens (primary N) is 3. The third-order valence-electron chi connectivity index (χ3n) is 7.78. The minimum Gasteiger partial charge on any atom is -0.388 e. The third kappa shape index (κ3) is 8.05. The summed E-state index contributed by atoms with van der Waals surface area (Å²) in [5.74, 6) is -0.0905. The van der Waals surface area contributed by atoms with E-state index in [1.165, 1.54) is 20.8 Å². The number of nitrogens with one attached hydrogen (secondary N) is 2. The Morgan fingerprint density at radius 1 is 1.12 bits per heavy atom. The van der Waals surface area contributed by atoms with Gasteiger partial charge in [0.2, 0.25) is 0 Å². The number of hydrogen-bond donors (Lipinski definition) is 9. The molecule has 1 aliphatic carbocycles. The van der Waals surface area contributed by atoms with Crippen molar-refractivity contribution in [1.82, 2.24) is 10.6 Å². The first kappa shape index (κ1) is 33.4. The van der Waals surface area contributed by atoms with Gasteiger partial charge >= 0.3 is 0 Å². The molecule has 0 bridgehead atoms. The summed E-state index contributed by atoms with van der Waals surface area (Å²) in [7, 11) is 1.59. The van der Waals surface area contributed by atoms with E-state index in [-0.39, 0.29) is 31.5 Å². The maximum atomic E-state index is 12.5. The minimum atomic E-state index is -1.45. The number of rotatable bonds is 11. The normalized spacial score (nSPS) is 43.6. The van der Waals surface area contributed by atoms with Crippen molar-refractivity contribution in [2.24, 2.45) is 22.2 Å². The van der Waals surface area contributed by atoms with Crippen molar-refractivity contribution in [2.45, 2.75) is 119 Å². The second-order valence-corrected chi connectivity index (χ2v) is 11.8. The number of ether oxygens (including phenoxy) is 4. The van der Waals surface area contributed by atoms with Crippen LogP contribution < -0.4 is 27.8 Å². The van der Waals surface area contributed by atoms with Gasteiger partial charge < -0.3 is 67.2 Å². The maximum absolute atomic E-state index is 12.5. The fourth-order valence-electron chi connectivity index (χ4n) is 5.39. The Morgan fingerprint density at radius 2 is 1.80 bits per heavy atom. The summed E-state index contributed by atoms with van der Waals surface area (Å²) in [6, 6.07) is -2.86. The fourth-order valence-corrected chi connectivity index (χ4v) is 5.39. The number of alkyl halides is 1. The molecule has 2 saturated heterocycles. The molecule has 12 N–H and O–H groups in total. The lowest BCUT2D eigenvalue weighted by Gasteiger charge is -2.48. The standard InChI is InChI=1S/C25H49FN6O8/c1-24(2,35)23(29)32-15-9-14(28)18(39-21-13(27)6-5-12(38-21)10-31-8-7-26)16(33)19(15)40-22-17(34)20(30-4)25(3,36)11-37-22/h12-22,30-31,33-36H,5-11,27-28H2,1-4H3,(H2,29,32). The average Bonchev–Trinajstić information content (AvgIpc) is 2.86. The zero-order chi connectivity index (χ0) is 29.8. The molecular weight excluding hydrogens is 531 g/mol. The van der Waals surface area contributed by atoms with Gasteiger partial charge in [0.15, 0.2) is 12.6 Å². The number of nitrogens with zero attached hydrogens (tertiary/aromatic N) is 1. The molecule has 2 heterocycles. The summed E-state index contributed by atoms with van der Waals surface area (Å²) < 4.78 is 36.4. The largest absolute Gasteiger partial charge is 0.388 e. The van der Waals surface area contributed by atoms with Crippen LogP contribution in [0.15, 0.2) is 4.99 Å². The van der Waals surface area contributed by atoms with E-state index in [2.05, 4.69) is 15.6 Å². The van der Waals surface area contributed by atoms with E-state index < -0.39 is 79.0 Å². The van der Waals surface area contributed by atoms with Crippen molar-refractivity contribution in [1.29, 1.82) is 0 Å². The minimum absolute atomic E-state index is 0.0905. The predicted molar refractivity (Wildman–Crippen MR) is 144 cm³/mol. The molecule has 0 aromatic heterocycles. The van der Waals surface area contributed by atoms with Crippen molar-refractivity contribution >= 4 is 5.84 Å².